The summed E-state index contributed by atoms with van der Waals surface area (Å²) in [5, 5.41) is 19.3. The molecule has 0 spiro atoms. The van der Waals surface area contributed by atoms with Crippen molar-refractivity contribution in [3.8, 4) is 45.5 Å². The van der Waals surface area contributed by atoms with Gasteiger partial charge in [-0.25, -0.2) is 17.6 Å². The van der Waals surface area contributed by atoms with Crippen LogP contribution in [0.3, 0.4) is 0 Å². The number of nitrogens with zero attached hydrogens (tertiary/aromatic N) is 2. The summed E-state index contributed by atoms with van der Waals surface area (Å²) in [5.41, 5.74) is 5.03. The minimum atomic E-state index is -0.983. The maximum absolute atomic E-state index is 13.8. The van der Waals surface area contributed by atoms with Gasteiger partial charge in [-0.15, -0.1) is 0 Å². The molecular weight excluding hydrogens is 440 g/mol. The first-order valence-corrected chi connectivity index (χ1v) is 10.2. The summed E-state index contributed by atoms with van der Waals surface area (Å²) in [6.07, 6.45) is 0. The Hall–Kier alpha value is -4.68. The van der Waals surface area contributed by atoms with Gasteiger partial charge < -0.3 is 0 Å². The summed E-state index contributed by atoms with van der Waals surface area (Å²) in [7, 11) is 0. The lowest BCUT2D eigenvalue weighted by molar-refractivity contribution is 0.509. The third kappa shape index (κ3) is 3.34. The van der Waals surface area contributed by atoms with Crippen LogP contribution in [0, 0.1) is 45.9 Å². The summed E-state index contributed by atoms with van der Waals surface area (Å²) in [6, 6.07) is 21.5. The fourth-order valence-electron chi connectivity index (χ4n) is 4.23. The van der Waals surface area contributed by atoms with Crippen LogP contribution in [-0.4, -0.2) is 0 Å². The molecule has 4 aromatic rings. The number of nitriles is 2. The molecule has 0 saturated carbocycles. The first-order chi connectivity index (χ1) is 16.4. The zero-order valence-electron chi connectivity index (χ0n) is 17.3. The minimum Gasteiger partial charge on any atom is -0.204 e. The lowest BCUT2D eigenvalue weighted by Gasteiger charge is -2.08. The molecule has 1 aliphatic rings. The second-order valence-corrected chi connectivity index (χ2v) is 7.75. The van der Waals surface area contributed by atoms with Crippen LogP contribution >= 0.6 is 0 Å². The van der Waals surface area contributed by atoms with Crippen molar-refractivity contribution in [2.24, 2.45) is 0 Å². The zero-order valence-corrected chi connectivity index (χ0v) is 17.3. The SMILES string of the molecule is N#CC(C#N)=C1c2cc(-c3ccc(F)c(F)c3)ccc2-c2ccc(-c3ccc(F)c(F)c3)cc21. The summed E-state index contributed by atoms with van der Waals surface area (Å²) in [6.45, 7) is 0. The molecule has 162 valence electrons. The highest BCUT2D eigenvalue weighted by Crippen LogP contribution is 2.48. The first-order valence-electron chi connectivity index (χ1n) is 10.2. The smallest absolute Gasteiger partial charge is 0.159 e. The highest BCUT2D eigenvalue weighted by Gasteiger charge is 2.27. The number of benzene rings is 4. The average Bonchev–Trinajstić information content (AvgIpc) is 3.16. The molecule has 0 aliphatic heterocycles. The van der Waals surface area contributed by atoms with Gasteiger partial charge in [-0.1, -0.05) is 36.4 Å². The van der Waals surface area contributed by atoms with Crippen molar-refractivity contribution in [2.45, 2.75) is 0 Å². The fourth-order valence-corrected chi connectivity index (χ4v) is 4.23. The molecule has 0 atom stereocenters. The van der Waals surface area contributed by atoms with E-state index in [9.17, 15) is 28.1 Å². The van der Waals surface area contributed by atoms with E-state index in [0.717, 1.165) is 35.4 Å². The van der Waals surface area contributed by atoms with Gasteiger partial charge in [-0.2, -0.15) is 10.5 Å². The molecule has 0 radical (unpaired) electrons. The molecule has 6 heteroatoms. The maximum atomic E-state index is 13.8. The van der Waals surface area contributed by atoms with Gasteiger partial charge in [0.05, 0.1) is 0 Å². The van der Waals surface area contributed by atoms with Gasteiger partial charge >= 0.3 is 0 Å². The first kappa shape index (κ1) is 21.2. The standard InChI is InChI=1S/C28H12F4N2/c29-24-7-3-17(11-26(24)31)15-1-5-20-21-6-2-16(18-4-8-25(30)27(32)12-18)10-23(21)28(22(20)9-15)19(13-33)14-34/h1-12H. The van der Waals surface area contributed by atoms with Gasteiger partial charge in [0, 0.05) is 5.57 Å². The zero-order chi connectivity index (χ0) is 24.0. The van der Waals surface area contributed by atoms with Crippen LogP contribution in [0.2, 0.25) is 0 Å². The summed E-state index contributed by atoms with van der Waals surface area (Å²) in [4.78, 5) is 0. The second kappa shape index (κ2) is 8.03. The van der Waals surface area contributed by atoms with E-state index in [4.69, 9.17) is 0 Å². The van der Waals surface area contributed by atoms with Crippen LogP contribution in [0.4, 0.5) is 17.6 Å². The Balaban J connectivity index is 1.71. The van der Waals surface area contributed by atoms with E-state index < -0.39 is 23.3 Å². The number of allylic oxidation sites excluding steroid dienone is 1. The molecule has 34 heavy (non-hydrogen) atoms. The molecule has 0 amide bonds. The lowest BCUT2D eigenvalue weighted by Crippen LogP contribution is -1.90. The van der Waals surface area contributed by atoms with E-state index in [1.165, 1.54) is 12.1 Å². The molecule has 0 aromatic heterocycles. The molecular formula is C28H12F4N2. The Morgan fingerprint density at radius 2 is 0.853 bits per heavy atom. The number of fused-ring (bicyclic) bond motifs is 3. The third-order valence-electron chi connectivity index (χ3n) is 5.85. The second-order valence-electron chi connectivity index (χ2n) is 7.75. The van der Waals surface area contributed by atoms with Gasteiger partial charge in [-0.3, -0.25) is 0 Å². The van der Waals surface area contributed by atoms with Gasteiger partial charge in [0.15, 0.2) is 23.3 Å². The minimum absolute atomic E-state index is 0.120. The summed E-state index contributed by atoms with van der Waals surface area (Å²) < 4.78 is 54.4. The largest absolute Gasteiger partial charge is 0.204 e. The van der Waals surface area contributed by atoms with Gasteiger partial charge in [0.25, 0.3) is 0 Å². The number of halogens is 4. The van der Waals surface area contributed by atoms with Gasteiger partial charge in [-0.05, 0) is 80.9 Å². The Kier molecular flexibility index (Phi) is 5.00. The third-order valence-corrected chi connectivity index (χ3v) is 5.85. The monoisotopic (exact) mass is 452 g/mol. The highest BCUT2D eigenvalue weighted by atomic mass is 19.2. The molecule has 0 bridgehead atoms. The van der Waals surface area contributed by atoms with Crippen molar-refractivity contribution in [1.82, 2.24) is 0 Å². The van der Waals surface area contributed by atoms with E-state index in [1.807, 2.05) is 12.1 Å². The van der Waals surface area contributed by atoms with Crippen LogP contribution < -0.4 is 0 Å². The van der Waals surface area contributed by atoms with E-state index in [0.29, 0.717) is 39.0 Å². The predicted molar refractivity (Wildman–Crippen MR) is 120 cm³/mol. The van der Waals surface area contributed by atoms with Crippen molar-refractivity contribution in [3.63, 3.8) is 0 Å². The maximum Gasteiger partial charge on any atom is 0.159 e. The number of rotatable bonds is 2. The lowest BCUT2D eigenvalue weighted by atomic mass is 9.94. The number of hydrogen-bond donors (Lipinski definition) is 0. The van der Waals surface area contributed by atoms with E-state index in [-0.39, 0.29) is 5.57 Å². The average molecular weight is 452 g/mol. The molecule has 0 unspecified atom stereocenters. The molecule has 5 rings (SSSR count). The van der Waals surface area contributed by atoms with Gasteiger partial charge in [0.1, 0.15) is 17.7 Å². The van der Waals surface area contributed by atoms with E-state index in [1.54, 1.807) is 36.4 Å². The molecule has 0 N–H and O–H groups in total. The van der Waals surface area contributed by atoms with Gasteiger partial charge in [0.2, 0.25) is 0 Å². The van der Waals surface area contributed by atoms with Crippen LogP contribution in [-0.2, 0) is 0 Å². The Bertz CT molecular complexity index is 1500. The van der Waals surface area contributed by atoms with Crippen LogP contribution in [0.25, 0.3) is 39.0 Å². The topological polar surface area (TPSA) is 47.6 Å². The molecule has 0 fully saturated rings. The highest BCUT2D eigenvalue weighted by molar-refractivity contribution is 6.05. The van der Waals surface area contributed by atoms with Crippen molar-refractivity contribution in [2.75, 3.05) is 0 Å². The Labute approximate surface area is 192 Å². The van der Waals surface area contributed by atoms with Crippen LogP contribution in [0.1, 0.15) is 11.1 Å². The molecule has 4 aromatic carbocycles. The summed E-state index contributed by atoms with van der Waals surface area (Å²) in [5.74, 6) is -3.89. The van der Waals surface area contributed by atoms with Crippen LogP contribution in [0.15, 0.2) is 78.4 Å². The fraction of sp³-hybridized carbons (Fsp3) is 0. The molecule has 1 aliphatic carbocycles. The van der Waals surface area contributed by atoms with Crippen LogP contribution in [0.5, 0.6) is 0 Å². The van der Waals surface area contributed by atoms with Crippen molar-refractivity contribution in [3.05, 3.63) is 113 Å². The summed E-state index contributed by atoms with van der Waals surface area (Å²) >= 11 is 0. The Morgan fingerprint density at radius 3 is 1.24 bits per heavy atom. The van der Waals surface area contributed by atoms with E-state index in [2.05, 4.69) is 0 Å². The normalized spacial score (nSPS) is 11.4. The molecule has 0 saturated heterocycles. The predicted octanol–water partition coefficient (Wildman–Crippen LogP) is 7.41. The molecule has 0 heterocycles. The number of hydrogen-bond acceptors (Lipinski definition) is 2. The van der Waals surface area contributed by atoms with Crippen molar-refractivity contribution < 1.29 is 17.6 Å². The van der Waals surface area contributed by atoms with Crippen molar-refractivity contribution in [1.29, 1.82) is 10.5 Å². The van der Waals surface area contributed by atoms with Crippen molar-refractivity contribution >= 4 is 5.57 Å². The molecule has 2 nitrogen and oxygen atoms in total. The quantitative estimate of drug-likeness (QED) is 0.207. The Morgan fingerprint density at radius 1 is 0.471 bits per heavy atom. The van der Waals surface area contributed by atoms with E-state index >= 15 is 0 Å².